The van der Waals surface area contributed by atoms with E-state index in [0.717, 1.165) is 6.42 Å². The lowest BCUT2D eigenvalue weighted by Gasteiger charge is -2.44. The van der Waals surface area contributed by atoms with Crippen molar-refractivity contribution in [2.24, 2.45) is 0 Å². The lowest BCUT2D eigenvalue weighted by molar-refractivity contribution is 0.590. The summed E-state index contributed by atoms with van der Waals surface area (Å²) in [6, 6.07) is 72.5. The highest BCUT2D eigenvalue weighted by molar-refractivity contribution is 7.33. The fourth-order valence-corrected chi connectivity index (χ4v) is 13.5. The quantitative estimate of drug-likeness (QED) is 0.125. The summed E-state index contributed by atoms with van der Waals surface area (Å²) < 4.78 is 2.72. The third-order valence-corrected chi connectivity index (χ3v) is 17.5. The molecule has 11 aromatic rings. The van der Waals surface area contributed by atoms with Crippen molar-refractivity contribution in [1.29, 1.82) is 0 Å². The lowest BCUT2D eigenvalue weighted by atomic mass is 9.36. The van der Waals surface area contributed by atoms with Crippen LogP contribution in [-0.4, -0.2) is 6.71 Å². The van der Waals surface area contributed by atoms with Crippen molar-refractivity contribution in [3.63, 3.8) is 0 Å². The summed E-state index contributed by atoms with van der Waals surface area (Å²) in [6.45, 7) is 23.3. The van der Waals surface area contributed by atoms with E-state index in [2.05, 4.69) is 267 Å². The van der Waals surface area contributed by atoms with Crippen LogP contribution in [0.25, 0.3) is 64.7 Å². The molecule has 2 aliphatic heterocycles. The van der Waals surface area contributed by atoms with Gasteiger partial charge in [-0.05, 0) is 154 Å². The summed E-state index contributed by atoms with van der Waals surface area (Å²) in [7, 11) is 0. The summed E-state index contributed by atoms with van der Waals surface area (Å²) >= 11 is 1.99. The molecular formula is C70H63BN2S. The van der Waals surface area contributed by atoms with Gasteiger partial charge < -0.3 is 9.80 Å². The zero-order valence-corrected chi connectivity index (χ0v) is 45.3. The molecule has 2 aliphatic rings. The summed E-state index contributed by atoms with van der Waals surface area (Å²) in [5.74, 6) is 0. The SMILES string of the molecule is CCc1ccc2c(c1)B1c3sc4ccc(C(C)(C)C)cc4c3N(c3ccccc3-c3cccc(C(C)(C)C)c3)c3cccc(c31)N2c1ccc(C(C)(C)C)cc1-c1ccc2c3ccccc3c3ccccc3c2c1. The van der Waals surface area contributed by atoms with Crippen molar-refractivity contribution >= 4 is 110 Å². The standard InChI is InChI=1S/C70H63BN2S/c1-11-43-30-35-61-58(38-43)71-65-62(72(61)60-36-32-47(69(5,6)7)41-55(60)45-31-34-54-52-25-13-12-23-50(52)51-24-14-15-26-53(51)56(54)40-45)28-19-29-63(65)73(66-57-42-48(70(8,9)10)33-37-64(57)74-67(66)71)59-27-17-16-22-49(59)44-20-18-21-46(39-44)68(2,3)4/h12-42H,11H2,1-10H3. The van der Waals surface area contributed by atoms with Crippen molar-refractivity contribution in [2.45, 2.75) is 91.9 Å². The highest BCUT2D eigenvalue weighted by atomic mass is 32.1. The average Bonchev–Trinajstić information content (AvgIpc) is 3.80. The topological polar surface area (TPSA) is 6.48 Å². The largest absolute Gasteiger partial charge is 0.311 e. The molecule has 0 aliphatic carbocycles. The molecule has 362 valence electrons. The Hall–Kier alpha value is -7.40. The number of nitrogens with zero attached hydrogens (tertiary/aromatic N) is 2. The van der Waals surface area contributed by atoms with Gasteiger partial charge in [0.1, 0.15) is 0 Å². The highest BCUT2D eigenvalue weighted by Crippen LogP contribution is 2.52. The summed E-state index contributed by atoms with van der Waals surface area (Å²) in [5, 5.41) is 9.04. The Bertz CT molecular complexity index is 4060. The van der Waals surface area contributed by atoms with Gasteiger partial charge in [-0.2, -0.15) is 0 Å². The Labute approximate surface area is 442 Å². The molecule has 0 saturated heterocycles. The summed E-state index contributed by atoms with van der Waals surface area (Å²) in [6.07, 6.45) is 0.959. The van der Waals surface area contributed by atoms with Gasteiger partial charge in [-0.3, -0.25) is 0 Å². The number of para-hydroxylation sites is 1. The van der Waals surface area contributed by atoms with E-state index >= 15 is 0 Å². The monoisotopic (exact) mass is 974 g/mol. The van der Waals surface area contributed by atoms with Gasteiger partial charge in [-0.15, -0.1) is 11.3 Å². The molecule has 74 heavy (non-hydrogen) atoms. The minimum atomic E-state index is -0.0649. The number of fused-ring (bicyclic) bond motifs is 12. The Balaban J connectivity index is 1.11. The highest BCUT2D eigenvalue weighted by Gasteiger charge is 2.46. The predicted molar refractivity (Wildman–Crippen MR) is 325 cm³/mol. The third-order valence-electron chi connectivity index (χ3n) is 16.3. The van der Waals surface area contributed by atoms with Crippen molar-refractivity contribution < 1.29 is 0 Å². The van der Waals surface area contributed by atoms with Gasteiger partial charge in [0, 0.05) is 43.1 Å². The van der Waals surface area contributed by atoms with Gasteiger partial charge in [0.15, 0.2) is 0 Å². The van der Waals surface area contributed by atoms with Gasteiger partial charge in [0.25, 0.3) is 6.71 Å². The number of anilines is 6. The van der Waals surface area contributed by atoms with Gasteiger partial charge in [0.05, 0.1) is 17.1 Å². The van der Waals surface area contributed by atoms with E-state index in [0.29, 0.717) is 0 Å². The van der Waals surface area contributed by atoms with Crippen LogP contribution in [0.3, 0.4) is 0 Å². The molecule has 0 fully saturated rings. The predicted octanol–water partition coefficient (Wildman–Crippen LogP) is 18.2. The van der Waals surface area contributed by atoms with E-state index in [1.54, 1.807) is 0 Å². The van der Waals surface area contributed by atoms with Crippen LogP contribution in [0, 0.1) is 0 Å². The van der Waals surface area contributed by atoms with Crippen LogP contribution in [-0.2, 0) is 22.7 Å². The molecule has 1 aromatic heterocycles. The molecule has 0 radical (unpaired) electrons. The summed E-state index contributed by atoms with van der Waals surface area (Å²) in [5.41, 5.74) is 20.3. The van der Waals surface area contributed by atoms with Crippen LogP contribution in [0.5, 0.6) is 0 Å². The number of hydrogen-bond acceptors (Lipinski definition) is 3. The molecule has 2 nitrogen and oxygen atoms in total. The van der Waals surface area contributed by atoms with E-state index in [1.165, 1.54) is 137 Å². The Morgan fingerprint density at radius 2 is 0.932 bits per heavy atom. The first-order valence-corrected chi connectivity index (χ1v) is 27.5. The van der Waals surface area contributed by atoms with Crippen LogP contribution in [0.2, 0.25) is 0 Å². The number of hydrogen-bond donors (Lipinski definition) is 0. The van der Waals surface area contributed by atoms with E-state index in [4.69, 9.17) is 0 Å². The first-order chi connectivity index (χ1) is 35.6. The molecule has 0 saturated carbocycles. The maximum atomic E-state index is 2.66. The minimum Gasteiger partial charge on any atom is -0.311 e. The second-order valence-electron chi connectivity index (χ2n) is 24.0. The molecule has 0 amide bonds. The van der Waals surface area contributed by atoms with Crippen LogP contribution in [0.1, 0.15) is 91.5 Å². The first-order valence-electron chi connectivity index (χ1n) is 26.7. The van der Waals surface area contributed by atoms with Crippen molar-refractivity contribution in [1.82, 2.24) is 0 Å². The van der Waals surface area contributed by atoms with Crippen LogP contribution >= 0.6 is 11.3 Å². The molecule has 3 heterocycles. The van der Waals surface area contributed by atoms with Crippen LogP contribution < -0.4 is 25.5 Å². The summed E-state index contributed by atoms with van der Waals surface area (Å²) in [4.78, 5) is 5.28. The second kappa shape index (κ2) is 16.8. The maximum Gasteiger partial charge on any atom is 0.264 e. The molecule has 0 N–H and O–H groups in total. The average molecular weight is 975 g/mol. The molecule has 10 aromatic carbocycles. The zero-order chi connectivity index (χ0) is 51.0. The van der Waals surface area contributed by atoms with Crippen molar-refractivity contribution in [3.8, 4) is 22.3 Å². The lowest BCUT2D eigenvalue weighted by Crippen LogP contribution is -2.60. The molecular weight excluding hydrogens is 912 g/mol. The van der Waals surface area contributed by atoms with E-state index < -0.39 is 0 Å². The Kier molecular flexibility index (Phi) is 10.5. The number of rotatable bonds is 5. The molecule has 0 bridgehead atoms. The number of thiophene rings is 1. The zero-order valence-electron chi connectivity index (χ0n) is 44.5. The molecule has 13 rings (SSSR count). The smallest absolute Gasteiger partial charge is 0.264 e. The number of aryl methyl sites for hydroxylation is 1. The van der Waals surface area contributed by atoms with Crippen molar-refractivity contribution in [3.05, 3.63) is 210 Å². The maximum absolute atomic E-state index is 2.66. The van der Waals surface area contributed by atoms with Gasteiger partial charge in [-0.25, -0.2) is 0 Å². The van der Waals surface area contributed by atoms with Crippen LogP contribution in [0.4, 0.5) is 34.1 Å². The number of benzene rings is 10. The third kappa shape index (κ3) is 7.27. The fourth-order valence-electron chi connectivity index (χ4n) is 12.2. The van der Waals surface area contributed by atoms with Gasteiger partial charge in [0.2, 0.25) is 0 Å². The van der Waals surface area contributed by atoms with Gasteiger partial charge in [-0.1, -0.05) is 203 Å². The van der Waals surface area contributed by atoms with Crippen LogP contribution in [0.15, 0.2) is 188 Å². The normalized spacial score (nSPS) is 13.5. The minimum absolute atomic E-state index is 0.00896. The van der Waals surface area contributed by atoms with Gasteiger partial charge >= 0.3 is 0 Å². The first kappa shape index (κ1) is 46.4. The Morgan fingerprint density at radius 3 is 1.62 bits per heavy atom. The molecule has 0 unspecified atom stereocenters. The fraction of sp³-hybridized carbons (Fsp3) is 0.200. The van der Waals surface area contributed by atoms with E-state index in [1.807, 2.05) is 11.3 Å². The molecule has 4 heteroatoms. The second-order valence-corrected chi connectivity index (χ2v) is 25.1. The van der Waals surface area contributed by atoms with E-state index in [9.17, 15) is 0 Å². The van der Waals surface area contributed by atoms with E-state index in [-0.39, 0.29) is 23.0 Å². The molecule has 0 atom stereocenters. The van der Waals surface area contributed by atoms with Crippen molar-refractivity contribution in [2.75, 3.05) is 9.80 Å². The Morgan fingerprint density at radius 1 is 0.392 bits per heavy atom. The molecule has 0 spiro atoms.